The molecular weight excluding hydrogens is 242 g/mol. The second kappa shape index (κ2) is 5.27. The number of halogens is 1. The summed E-state index contributed by atoms with van der Waals surface area (Å²) in [6, 6.07) is 7.49. The van der Waals surface area contributed by atoms with Crippen LogP contribution in [-0.4, -0.2) is 43.0 Å². The Morgan fingerprint density at radius 2 is 2.18 bits per heavy atom. The van der Waals surface area contributed by atoms with E-state index < -0.39 is 0 Å². The average Bonchev–Trinajstić information content (AvgIpc) is 2.37. The summed E-state index contributed by atoms with van der Waals surface area (Å²) in [6.45, 7) is 0.913. The van der Waals surface area contributed by atoms with Crippen molar-refractivity contribution in [3.8, 4) is 11.5 Å². The molecule has 5 heteroatoms. The number of likely N-dealkylation sites (N-methyl/N-ethyl adjacent to an activating group) is 1. The lowest BCUT2D eigenvalue weighted by Crippen LogP contribution is -2.42. The van der Waals surface area contributed by atoms with Gasteiger partial charge in [0.25, 0.3) is 0 Å². The van der Waals surface area contributed by atoms with Gasteiger partial charge in [0.15, 0.2) is 17.6 Å². The summed E-state index contributed by atoms with van der Waals surface area (Å²) in [5.41, 5.74) is 0. The highest BCUT2D eigenvalue weighted by molar-refractivity contribution is 6.27. The number of benzene rings is 1. The number of nitrogens with zero attached hydrogens (tertiary/aromatic N) is 1. The van der Waals surface area contributed by atoms with E-state index in [-0.39, 0.29) is 17.9 Å². The Hall–Kier alpha value is -1.42. The molecule has 4 nitrogen and oxygen atoms in total. The SMILES string of the molecule is CN(C[C@H]1COc2ccccc2O1)C(=O)CCl. The monoisotopic (exact) mass is 255 g/mol. The highest BCUT2D eigenvalue weighted by Gasteiger charge is 2.23. The maximum Gasteiger partial charge on any atom is 0.237 e. The van der Waals surface area contributed by atoms with E-state index in [1.807, 2.05) is 24.3 Å². The van der Waals surface area contributed by atoms with Crippen LogP contribution in [0.4, 0.5) is 0 Å². The second-order valence-corrected chi connectivity index (χ2v) is 4.17. The number of fused-ring (bicyclic) bond motifs is 1. The minimum Gasteiger partial charge on any atom is -0.486 e. The van der Waals surface area contributed by atoms with Crippen LogP contribution in [0.25, 0.3) is 0 Å². The molecule has 0 fully saturated rings. The van der Waals surface area contributed by atoms with Gasteiger partial charge in [-0.05, 0) is 12.1 Å². The van der Waals surface area contributed by atoms with E-state index in [9.17, 15) is 4.79 Å². The Bertz CT molecular complexity index is 410. The molecule has 1 atom stereocenters. The van der Waals surface area contributed by atoms with Gasteiger partial charge in [0.2, 0.25) is 5.91 Å². The first-order valence-electron chi connectivity index (χ1n) is 5.39. The molecule has 17 heavy (non-hydrogen) atoms. The van der Waals surface area contributed by atoms with Crippen LogP contribution in [0.5, 0.6) is 11.5 Å². The summed E-state index contributed by atoms with van der Waals surface area (Å²) in [6.07, 6.45) is -0.151. The highest BCUT2D eigenvalue weighted by Crippen LogP contribution is 2.30. The van der Waals surface area contributed by atoms with Crippen molar-refractivity contribution in [1.82, 2.24) is 4.90 Å². The van der Waals surface area contributed by atoms with Gasteiger partial charge in [0.05, 0.1) is 6.54 Å². The van der Waals surface area contributed by atoms with Gasteiger partial charge < -0.3 is 14.4 Å². The fourth-order valence-corrected chi connectivity index (χ4v) is 1.87. The molecule has 1 amide bonds. The van der Waals surface area contributed by atoms with E-state index in [1.54, 1.807) is 11.9 Å². The number of hydrogen-bond acceptors (Lipinski definition) is 3. The Kier molecular flexibility index (Phi) is 3.74. The van der Waals surface area contributed by atoms with Crippen LogP contribution >= 0.6 is 11.6 Å². The molecule has 0 spiro atoms. The van der Waals surface area contributed by atoms with Crippen molar-refractivity contribution in [2.45, 2.75) is 6.10 Å². The average molecular weight is 256 g/mol. The second-order valence-electron chi connectivity index (χ2n) is 3.91. The Morgan fingerprint density at radius 3 is 2.88 bits per heavy atom. The third-order valence-electron chi connectivity index (χ3n) is 2.59. The van der Waals surface area contributed by atoms with Gasteiger partial charge in [-0.3, -0.25) is 4.79 Å². The standard InChI is InChI=1S/C12H14ClNO3/c1-14(12(15)6-13)7-9-8-16-10-4-2-3-5-11(10)17-9/h2-5,9H,6-8H2,1H3/t9-/m0/s1. The van der Waals surface area contributed by atoms with E-state index in [1.165, 1.54) is 0 Å². The highest BCUT2D eigenvalue weighted by atomic mass is 35.5. The van der Waals surface area contributed by atoms with Gasteiger partial charge >= 0.3 is 0 Å². The zero-order chi connectivity index (χ0) is 12.3. The molecule has 2 rings (SSSR count). The number of ether oxygens (including phenoxy) is 2. The molecule has 0 saturated carbocycles. The van der Waals surface area contributed by atoms with Gasteiger partial charge in [-0.1, -0.05) is 12.1 Å². The zero-order valence-corrected chi connectivity index (χ0v) is 10.3. The lowest BCUT2D eigenvalue weighted by molar-refractivity contribution is -0.128. The number of carbonyl (C=O) groups is 1. The van der Waals surface area contributed by atoms with E-state index in [2.05, 4.69) is 0 Å². The molecular formula is C12H14ClNO3. The van der Waals surface area contributed by atoms with Crippen molar-refractivity contribution in [2.24, 2.45) is 0 Å². The Labute approximate surface area is 105 Å². The molecule has 1 aromatic carbocycles. The molecule has 92 valence electrons. The van der Waals surface area contributed by atoms with Gasteiger partial charge in [-0.25, -0.2) is 0 Å². The van der Waals surface area contributed by atoms with E-state index in [0.29, 0.717) is 13.2 Å². The van der Waals surface area contributed by atoms with Crippen molar-refractivity contribution in [2.75, 3.05) is 26.1 Å². The molecule has 1 aromatic rings. The summed E-state index contributed by atoms with van der Waals surface area (Å²) < 4.78 is 11.3. The summed E-state index contributed by atoms with van der Waals surface area (Å²) in [5, 5.41) is 0. The number of amides is 1. The van der Waals surface area contributed by atoms with E-state index in [4.69, 9.17) is 21.1 Å². The van der Waals surface area contributed by atoms with Crippen molar-refractivity contribution in [1.29, 1.82) is 0 Å². The molecule has 1 aliphatic heterocycles. The first kappa shape index (κ1) is 12.0. The predicted molar refractivity (Wildman–Crippen MR) is 64.7 cm³/mol. The molecule has 0 bridgehead atoms. The van der Waals surface area contributed by atoms with Crippen LogP contribution in [-0.2, 0) is 4.79 Å². The van der Waals surface area contributed by atoms with Crippen molar-refractivity contribution >= 4 is 17.5 Å². The van der Waals surface area contributed by atoms with Crippen LogP contribution in [0.15, 0.2) is 24.3 Å². The van der Waals surface area contributed by atoms with Crippen molar-refractivity contribution < 1.29 is 14.3 Å². The smallest absolute Gasteiger partial charge is 0.237 e. The van der Waals surface area contributed by atoms with Gasteiger partial charge in [-0.15, -0.1) is 11.6 Å². The minimum atomic E-state index is -0.151. The normalized spacial score (nSPS) is 17.6. The van der Waals surface area contributed by atoms with E-state index >= 15 is 0 Å². The van der Waals surface area contributed by atoms with E-state index in [0.717, 1.165) is 11.5 Å². The summed E-state index contributed by atoms with van der Waals surface area (Å²) in [5.74, 6) is 1.33. The predicted octanol–water partition coefficient (Wildman–Crippen LogP) is 1.52. The fourth-order valence-electron chi connectivity index (χ4n) is 1.66. The number of alkyl halides is 1. The molecule has 1 aliphatic rings. The van der Waals surface area contributed by atoms with Crippen molar-refractivity contribution in [3.05, 3.63) is 24.3 Å². The minimum absolute atomic E-state index is 0.0132. The Balaban J connectivity index is 1.96. The number of para-hydroxylation sites is 2. The van der Waals surface area contributed by atoms with Crippen LogP contribution in [0.1, 0.15) is 0 Å². The topological polar surface area (TPSA) is 38.8 Å². The number of rotatable bonds is 3. The molecule has 0 aliphatic carbocycles. The maximum absolute atomic E-state index is 11.3. The fraction of sp³-hybridized carbons (Fsp3) is 0.417. The zero-order valence-electron chi connectivity index (χ0n) is 9.56. The lowest BCUT2D eigenvalue weighted by Gasteiger charge is -2.29. The maximum atomic E-state index is 11.3. The summed E-state index contributed by atoms with van der Waals surface area (Å²) in [7, 11) is 1.70. The molecule has 0 saturated heterocycles. The quantitative estimate of drug-likeness (QED) is 0.769. The summed E-state index contributed by atoms with van der Waals surface area (Å²) >= 11 is 5.48. The molecule has 0 N–H and O–H groups in total. The van der Waals surface area contributed by atoms with Crippen LogP contribution in [0.3, 0.4) is 0 Å². The van der Waals surface area contributed by atoms with Gasteiger partial charge in [-0.2, -0.15) is 0 Å². The third kappa shape index (κ3) is 2.82. The first-order valence-corrected chi connectivity index (χ1v) is 5.92. The van der Waals surface area contributed by atoms with Gasteiger partial charge in [0.1, 0.15) is 12.5 Å². The molecule has 1 heterocycles. The molecule has 0 unspecified atom stereocenters. The Morgan fingerprint density at radius 1 is 1.47 bits per heavy atom. The molecule has 0 aromatic heterocycles. The van der Waals surface area contributed by atoms with Crippen LogP contribution in [0.2, 0.25) is 0 Å². The van der Waals surface area contributed by atoms with Crippen molar-refractivity contribution in [3.63, 3.8) is 0 Å². The van der Waals surface area contributed by atoms with Gasteiger partial charge in [0, 0.05) is 7.05 Å². The van der Waals surface area contributed by atoms with Crippen LogP contribution in [0, 0.1) is 0 Å². The summed E-state index contributed by atoms with van der Waals surface area (Å²) in [4.78, 5) is 12.9. The van der Waals surface area contributed by atoms with Crippen LogP contribution < -0.4 is 9.47 Å². The first-order chi connectivity index (χ1) is 8.20. The lowest BCUT2D eigenvalue weighted by atomic mass is 10.2. The largest absolute Gasteiger partial charge is 0.486 e. The number of hydrogen-bond donors (Lipinski definition) is 0. The third-order valence-corrected chi connectivity index (χ3v) is 2.81. The number of carbonyl (C=O) groups excluding carboxylic acids is 1. The molecule has 0 radical (unpaired) electrons.